The quantitative estimate of drug-likeness (QED) is 0.646. The van der Waals surface area contributed by atoms with Crippen molar-refractivity contribution >= 4 is 28.4 Å². The van der Waals surface area contributed by atoms with Crippen molar-refractivity contribution in [3.8, 4) is 11.5 Å². The fraction of sp³-hybridized carbons (Fsp3) is 0.286. The molecule has 0 aliphatic carbocycles. The molecule has 3 aromatic rings. The van der Waals surface area contributed by atoms with E-state index >= 15 is 0 Å². The lowest BCUT2D eigenvalue weighted by molar-refractivity contribution is -0.0493. The summed E-state index contributed by atoms with van der Waals surface area (Å²) in [4.78, 5) is 13.7. The monoisotopic (exact) mass is 399 g/mol. The van der Waals surface area contributed by atoms with Gasteiger partial charge in [-0.15, -0.1) is 5.06 Å². The van der Waals surface area contributed by atoms with Crippen LogP contribution in [0.15, 0.2) is 47.6 Å². The molecule has 1 aliphatic heterocycles. The Labute approximate surface area is 168 Å². The molecule has 0 bridgehead atoms. The van der Waals surface area contributed by atoms with Crippen LogP contribution >= 0.6 is 11.6 Å². The standard InChI is InChI=1S/C21H22ClN3O3/c1-26-17-4-6-20(27-2)15(9-17)10-21-24-13-25(28-21)8-7-14-12-23-19-5-3-16(22)11-18(14)19/h3-6,9,11-12,23H,7-8,10,13H2,1-2H3. The second-order valence-corrected chi connectivity index (χ2v) is 7.03. The fourth-order valence-corrected chi connectivity index (χ4v) is 3.53. The van der Waals surface area contributed by atoms with Crippen LogP contribution in [-0.4, -0.2) is 43.4 Å². The van der Waals surface area contributed by atoms with Crippen molar-refractivity contribution in [3.63, 3.8) is 0 Å². The molecule has 28 heavy (non-hydrogen) atoms. The van der Waals surface area contributed by atoms with Crippen molar-refractivity contribution in [2.45, 2.75) is 12.8 Å². The zero-order valence-electron chi connectivity index (χ0n) is 15.9. The van der Waals surface area contributed by atoms with Crippen LogP contribution in [0.4, 0.5) is 0 Å². The van der Waals surface area contributed by atoms with Gasteiger partial charge in [-0.25, -0.2) is 4.99 Å². The molecule has 0 spiro atoms. The number of fused-ring (bicyclic) bond motifs is 1. The van der Waals surface area contributed by atoms with E-state index in [1.165, 1.54) is 5.56 Å². The van der Waals surface area contributed by atoms with E-state index in [9.17, 15) is 0 Å². The molecule has 1 N–H and O–H groups in total. The van der Waals surface area contributed by atoms with E-state index < -0.39 is 0 Å². The van der Waals surface area contributed by atoms with Crippen molar-refractivity contribution in [2.24, 2.45) is 4.99 Å². The third-order valence-electron chi connectivity index (χ3n) is 4.83. The SMILES string of the molecule is COc1ccc(OC)c(CC2=NCN(CCc3c[nH]c4ccc(Cl)cc34)O2)c1. The van der Waals surface area contributed by atoms with Crippen LogP contribution in [0.5, 0.6) is 11.5 Å². The number of hydrogen-bond acceptors (Lipinski definition) is 5. The lowest BCUT2D eigenvalue weighted by Crippen LogP contribution is -2.24. The number of hydrogen-bond donors (Lipinski definition) is 1. The van der Waals surface area contributed by atoms with Gasteiger partial charge in [-0.2, -0.15) is 0 Å². The molecule has 2 aromatic carbocycles. The summed E-state index contributed by atoms with van der Waals surface area (Å²) in [6, 6.07) is 11.6. The van der Waals surface area contributed by atoms with E-state index in [2.05, 4.69) is 9.98 Å². The summed E-state index contributed by atoms with van der Waals surface area (Å²) in [6.45, 7) is 1.26. The number of rotatable bonds is 7. The first-order chi connectivity index (χ1) is 13.7. The number of halogens is 1. The molecule has 1 aromatic heterocycles. The third kappa shape index (κ3) is 3.93. The van der Waals surface area contributed by atoms with Crippen LogP contribution in [0.3, 0.4) is 0 Å². The average molecular weight is 400 g/mol. The number of nitrogens with zero attached hydrogens (tertiary/aromatic N) is 2. The van der Waals surface area contributed by atoms with Crippen molar-refractivity contribution in [1.82, 2.24) is 10.0 Å². The van der Waals surface area contributed by atoms with E-state index in [0.717, 1.165) is 46.0 Å². The van der Waals surface area contributed by atoms with Gasteiger partial charge in [-0.3, -0.25) is 0 Å². The van der Waals surface area contributed by atoms with Crippen LogP contribution in [-0.2, 0) is 17.7 Å². The van der Waals surface area contributed by atoms with Crippen LogP contribution in [0, 0.1) is 0 Å². The van der Waals surface area contributed by atoms with Gasteiger partial charge in [0.25, 0.3) is 0 Å². The molecule has 0 fully saturated rings. The number of methoxy groups -OCH3 is 2. The number of aromatic amines is 1. The molecule has 7 heteroatoms. The number of H-pyrrole nitrogens is 1. The number of aliphatic imine (C=N–C) groups is 1. The summed E-state index contributed by atoms with van der Waals surface area (Å²) in [5.74, 6) is 2.25. The predicted octanol–water partition coefficient (Wildman–Crippen LogP) is 4.23. The van der Waals surface area contributed by atoms with E-state index in [-0.39, 0.29) is 0 Å². The molecule has 0 atom stereocenters. The Kier molecular flexibility index (Phi) is 5.41. The minimum absolute atomic E-state index is 0.519. The van der Waals surface area contributed by atoms with E-state index in [1.807, 2.05) is 47.7 Å². The Morgan fingerprint density at radius 1 is 1.14 bits per heavy atom. The molecule has 1 aliphatic rings. The summed E-state index contributed by atoms with van der Waals surface area (Å²) in [6.07, 6.45) is 3.42. The maximum atomic E-state index is 6.13. The highest BCUT2D eigenvalue weighted by molar-refractivity contribution is 6.31. The Morgan fingerprint density at radius 3 is 2.86 bits per heavy atom. The molecule has 6 nitrogen and oxygen atoms in total. The van der Waals surface area contributed by atoms with Crippen LogP contribution in [0.25, 0.3) is 10.9 Å². The topological polar surface area (TPSA) is 59.1 Å². The molecular formula is C21H22ClN3O3. The zero-order valence-corrected chi connectivity index (χ0v) is 16.6. The number of benzene rings is 2. The second kappa shape index (κ2) is 8.12. The van der Waals surface area contributed by atoms with Gasteiger partial charge in [-0.1, -0.05) is 11.6 Å². The summed E-state index contributed by atoms with van der Waals surface area (Å²) < 4.78 is 10.7. The van der Waals surface area contributed by atoms with Crippen LogP contribution in [0.1, 0.15) is 11.1 Å². The number of hydroxylamine groups is 2. The van der Waals surface area contributed by atoms with E-state index in [0.29, 0.717) is 19.0 Å². The highest BCUT2D eigenvalue weighted by Crippen LogP contribution is 2.26. The normalized spacial score (nSPS) is 14.2. The first kappa shape index (κ1) is 18.7. The number of nitrogens with one attached hydrogen (secondary N) is 1. The zero-order chi connectivity index (χ0) is 19.5. The summed E-state index contributed by atoms with van der Waals surface area (Å²) in [5, 5.41) is 3.75. The van der Waals surface area contributed by atoms with Gasteiger partial charge in [0.1, 0.15) is 18.2 Å². The van der Waals surface area contributed by atoms with Gasteiger partial charge in [0.2, 0.25) is 5.90 Å². The van der Waals surface area contributed by atoms with E-state index in [1.54, 1.807) is 14.2 Å². The number of aromatic nitrogens is 1. The lowest BCUT2D eigenvalue weighted by Gasteiger charge is -2.15. The van der Waals surface area contributed by atoms with Gasteiger partial charge in [0.15, 0.2) is 0 Å². The number of ether oxygens (including phenoxy) is 2. The molecule has 0 amide bonds. The first-order valence-corrected chi connectivity index (χ1v) is 9.46. The minimum Gasteiger partial charge on any atom is -0.497 e. The second-order valence-electron chi connectivity index (χ2n) is 6.60. The van der Waals surface area contributed by atoms with Crippen molar-refractivity contribution in [3.05, 3.63) is 58.7 Å². The Balaban J connectivity index is 1.37. The first-order valence-electron chi connectivity index (χ1n) is 9.09. The highest BCUT2D eigenvalue weighted by atomic mass is 35.5. The van der Waals surface area contributed by atoms with Gasteiger partial charge in [0, 0.05) is 34.2 Å². The Bertz CT molecular complexity index is 1020. The lowest BCUT2D eigenvalue weighted by atomic mass is 10.1. The molecule has 0 saturated carbocycles. The Hall–Kier alpha value is -2.70. The van der Waals surface area contributed by atoms with Crippen LogP contribution in [0.2, 0.25) is 5.02 Å². The van der Waals surface area contributed by atoms with Gasteiger partial charge >= 0.3 is 0 Å². The third-order valence-corrected chi connectivity index (χ3v) is 5.06. The highest BCUT2D eigenvalue weighted by Gasteiger charge is 2.20. The Morgan fingerprint density at radius 2 is 2.04 bits per heavy atom. The predicted molar refractivity (Wildman–Crippen MR) is 110 cm³/mol. The molecule has 0 saturated heterocycles. The maximum Gasteiger partial charge on any atom is 0.215 e. The smallest absolute Gasteiger partial charge is 0.215 e. The van der Waals surface area contributed by atoms with Crippen molar-refractivity contribution in [1.29, 1.82) is 0 Å². The van der Waals surface area contributed by atoms with Crippen LogP contribution < -0.4 is 9.47 Å². The molecular weight excluding hydrogens is 378 g/mol. The van der Waals surface area contributed by atoms with Gasteiger partial charge < -0.3 is 19.3 Å². The average Bonchev–Trinajstić information content (AvgIpc) is 3.32. The molecule has 4 rings (SSSR count). The molecule has 146 valence electrons. The van der Waals surface area contributed by atoms with E-state index in [4.69, 9.17) is 25.9 Å². The maximum absolute atomic E-state index is 6.13. The largest absolute Gasteiger partial charge is 0.497 e. The minimum atomic E-state index is 0.519. The summed E-state index contributed by atoms with van der Waals surface area (Å²) in [5.41, 5.74) is 3.28. The van der Waals surface area contributed by atoms with Gasteiger partial charge in [-0.05, 0) is 48.4 Å². The summed E-state index contributed by atoms with van der Waals surface area (Å²) in [7, 11) is 3.30. The molecule has 2 heterocycles. The summed E-state index contributed by atoms with van der Waals surface area (Å²) >= 11 is 6.13. The fourth-order valence-electron chi connectivity index (χ4n) is 3.35. The van der Waals surface area contributed by atoms with Crippen molar-refractivity contribution in [2.75, 3.05) is 27.4 Å². The molecule has 0 radical (unpaired) electrons. The van der Waals surface area contributed by atoms with Gasteiger partial charge in [0.05, 0.1) is 20.6 Å². The molecule has 0 unspecified atom stereocenters. The van der Waals surface area contributed by atoms with Crippen molar-refractivity contribution < 1.29 is 14.3 Å².